The van der Waals surface area contributed by atoms with Crippen molar-refractivity contribution < 1.29 is 12.6 Å². The summed E-state index contributed by atoms with van der Waals surface area (Å²) in [4.78, 5) is 31.7. The number of benzene rings is 1. The largest absolute Gasteiger partial charge is 0.378 e. The van der Waals surface area contributed by atoms with Crippen LogP contribution in [-0.2, 0) is 24.2 Å². The molecular weight excluding hydrogens is 408 g/mol. The molecule has 1 aliphatic rings. The van der Waals surface area contributed by atoms with E-state index in [-0.39, 0.29) is 21.7 Å². The molecule has 3 aromatic rings. The summed E-state index contributed by atoms with van der Waals surface area (Å²) in [6.07, 6.45) is 1.96. The highest BCUT2D eigenvalue weighted by Gasteiger charge is 2.25. The van der Waals surface area contributed by atoms with Crippen molar-refractivity contribution in [3.8, 4) is 5.75 Å². The van der Waals surface area contributed by atoms with Crippen LogP contribution in [0.1, 0.15) is 18.4 Å². The van der Waals surface area contributed by atoms with Gasteiger partial charge in [0.05, 0.1) is 0 Å². The minimum atomic E-state index is -4.20. The molecule has 0 amide bonds. The third-order valence-electron chi connectivity index (χ3n) is 5.30. The summed E-state index contributed by atoms with van der Waals surface area (Å²) in [6, 6.07) is 7.69. The Kier molecular flexibility index (Phi) is 4.89. The fraction of sp³-hybridized carbons (Fsp3) is 0.350. The van der Waals surface area contributed by atoms with Gasteiger partial charge in [-0.1, -0.05) is 17.7 Å². The average Bonchev–Trinajstić information content (AvgIpc) is 3.25. The molecule has 3 heterocycles. The Bertz CT molecular complexity index is 1350. The number of fused-ring (bicyclic) bond motifs is 1. The minimum Gasteiger partial charge on any atom is -0.378 e. The summed E-state index contributed by atoms with van der Waals surface area (Å²) in [5.41, 5.74) is -0.223. The van der Waals surface area contributed by atoms with Gasteiger partial charge in [-0.2, -0.15) is 8.42 Å². The fourth-order valence-electron chi connectivity index (χ4n) is 3.56. The maximum absolute atomic E-state index is 12.9. The zero-order chi connectivity index (χ0) is 21.6. The van der Waals surface area contributed by atoms with Gasteiger partial charge in [-0.15, -0.1) is 0 Å². The van der Waals surface area contributed by atoms with E-state index in [1.807, 2.05) is 11.8 Å². The topological polar surface area (TPSA) is 104 Å². The molecule has 1 saturated heterocycles. The number of aromatic nitrogens is 3. The van der Waals surface area contributed by atoms with Crippen LogP contribution >= 0.6 is 0 Å². The predicted molar refractivity (Wildman–Crippen MR) is 113 cm³/mol. The van der Waals surface area contributed by atoms with Crippen molar-refractivity contribution in [2.24, 2.45) is 14.1 Å². The van der Waals surface area contributed by atoms with Gasteiger partial charge in [-0.3, -0.25) is 13.9 Å². The Morgan fingerprint density at radius 3 is 2.27 bits per heavy atom. The van der Waals surface area contributed by atoms with E-state index in [0.29, 0.717) is 5.82 Å². The summed E-state index contributed by atoms with van der Waals surface area (Å²) in [5.74, 6) is 0.330. The van der Waals surface area contributed by atoms with Crippen molar-refractivity contribution in [1.29, 1.82) is 0 Å². The Labute approximate surface area is 173 Å². The molecule has 9 nitrogen and oxygen atoms in total. The summed E-state index contributed by atoms with van der Waals surface area (Å²) in [5, 5.41) is -0.0572. The van der Waals surface area contributed by atoms with E-state index in [0.717, 1.165) is 36.1 Å². The van der Waals surface area contributed by atoms with Gasteiger partial charge in [-0.05, 0) is 31.9 Å². The molecule has 1 aromatic carbocycles. The Morgan fingerprint density at radius 2 is 1.63 bits per heavy atom. The van der Waals surface area contributed by atoms with E-state index in [1.54, 1.807) is 12.1 Å². The van der Waals surface area contributed by atoms with E-state index < -0.39 is 21.4 Å². The Balaban J connectivity index is 1.96. The van der Waals surface area contributed by atoms with Gasteiger partial charge in [0, 0.05) is 33.3 Å². The molecule has 158 valence electrons. The van der Waals surface area contributed by atoms with Crippen LogP contribution in [0.5, 0.6) is 5.75 Å². The van der Waals surface area contributed by atoms with Crippen LogP contribution in [0.3, 0.4) is 0 Å². The number of hydrogen-bond donors (Lipinski definition) is 0. The van der Waals surface area contributed by atoms with Gasteiger partial charge in [0.2, 0.25) is 0 Å². The van der Waals surface area contributed by atoms with E-state index in [4.69, 9.17) is 4.18 Å². The molecule has 0 aliphatic carbocycles. The molecule has 0 saturated carbocycles. The quantitative estimate of drug-likeness (QED) is 0.575. The molecule has 0 unspecified atom stereocenters. The minimum absolute atomic E-state index is 0.0255. The Morgan fingerprint density at radius 1 is 1.00 bits per heavy atom. The molecule has 30 heavy (non-hydrogen) atoms. The summed E-state index contributed by atoms with van der Waals surface area (Å²) >= 11 is 0. The molecule has 0 bridgehead atoms. The molecule has 0 N–H and O–H groups in total. The maximum atomic E-state index is 12.9. The number of aryl methyl sites for hydroxylation is 2. The molecule has 0 radical (unpaired) electrons. The van der Waals surface area contributed by atoms with Crippen LogP contribution in [0.25, 0.3) is 11.0 Å². The highest BCUT2D eigenvalue weighted by Crippen LogP contribution is 2.30. The standard InChI is InChI=1S/C20H22N4O5S/c1-13-6-8-14(9-7-13)30(27,28)29-15-12-16(24-10-4-5-11-24)21-18-17(15)19(25)23(3)20(26)22(18)2/h6-9,12H,4-5,10-11H2,1-3H3. The molecule has 0 spiro atoms. The van der Waals surface area contributed by atoms with Crippen molar-refractivity contribution in [3.63, 3.8) is 0 Å². The molecule has 4 rings (SSSR count). The lowest BCUT2D eigenvalue weighted by Gasteiger charge is -2.19. The second kappa shape index (κ2) is 7.28. The highest BCUT2D eigenvalue weighted by atomic mass is 32.2. The van der Waals surface area contributed by atoms with Gasteiger partial charge in [-0.25, -0.2) is 9.78 Å². The van der Waals surface area contributed by atoms with Gasteiger partial charge in [0.25, 0.3) is 5.56 Å². The monoisotopic (exact) mass is 430 g/mol. The predicted octanol–water partition coefficient (Wildman–Crippen LogP) is 1.31. The van der Waals surface area contributed by atoms with E-state index in [9.17, 15) is 18.0 Å². The summed E-state index contributed by atoms with van der Waals surface area (Å²) in [7, 11) is -1.38. The average molecular weight is 430 g/mol. The zero-order valence-corrected chi connectivity index (χ0v) is 17.8. The third-order valence-corrected chi connectivity index (χ3v) is 6.55. The smallest absolute Gasteiger partial charge is 0.339 e. The zero-order valence-electron chi connectivity index (χ0n) is 17.0. The maximum Gasteiger partial charge on any atom is 0.339 e. The van der Waals surface area contributed by atoms with Gasteiger partial charge in [0.15, 0.2) is 11.4 Å². The van der Waals surface area contributed by atoms with Crippen LogP contribution < -0.4 is 20.3 Å². The van der Waals surface area contributed by atoms with E-state index in [1.165, 1.54) is 36.9 Å². The number of pyridine rings is 1. The molecular formula is C20H22N4O5S. The van der Waals surface area contributed by atoms with Crippen LogP contribution in [0.2, 0.25) is 0 Å². The first-order valence-electron chi connectivity index (χ1n) is 9.56. The van der Waals surface area contributed by atoms with Crippen molar-refractivity contribution in [1.82, 2.24) is 14.1 Å². The second-order valence-electron chi connectivity index (χ2n) is 7.43. The van der Waals surface area contributed by atoms with Crippen LogP contribution in [0, 0.1) is 6.92 Å². The van der Waals surface area contributed by atoms with Gasteiger partial charge >= 0.3 is 15.8 Å². The molecule has 1 fully saturated rings. The van der Waals surface area contributed by atoms with E-state index >= 15 is 0 Å². The van der Waals surface area contributed by atoms with E-state index in [2.05, 4.69) is 4.98 Å². The van der Waals surface area contributed by atoms with Crippen molar-refractivity contribution in [2.75, 3.05) is 18.0 Å². The fourth-order valence-corrected chi connectivity index (χ4v) is 4.49. The number of anilines is 1. The molecule has 10 heteroatoms. The van der Waals surface area contributed by atoms with Crippen LogP contribution in [0.15, 0.2) is 44.8 Å². The number of nitrogens with zero attached hydrogens (tertiary/aromatic N) is 4. The van der Waals surface area contributed by atoms with Crippen LogP contribution in [-0.4, -0.2) is 35.6 Å². The summed E-state index contributed by atoms with van der Waals surface area (Å²) < 4.78 is 33.4. The third kappa shape index (κ3) is 3.36. The first-order valence-corrected chi connectivity index (χ1v) is 11.0. The van der Waals surface area contributed by atoms with Crippen LogP contribution in [0.4, 0.5) is 5.82 Å². The van der Waals surface area contributed by atoms with Crippen molar-refractivity contribution in [3.05, 3.63) is 56.7 Å². The molecule has 2 aromatic heterocycles. The highest BCUT2D eigenvalue weighted by molar-refractivity contribution is 7.87. The first-order chi connectivity index (χ1) is 14.2. The Hall–Kier alpha value is -3.14. The van der Waals surface area contributed by atoms with Crippen molar-refractivity contribution >= 4 is 27.0 Å². The summed E-state index contributed by atoms with van der Waals surface area (Å²) in [6.45, 7) is 3.35. The van der Waals surface area contributed by atoms with Gasteiger partial charge in [0.1, 0.15) is 16.1 Å². The SMILES string of the molecule is Cc1ccc(S(=O)(=O)Oc2cc(N3CCCC3)nc3c2c(=O)n(C)c(=O)n3C)cc1. The number of rotatable bonds is 4. The lowest BCUT2D eigenvalue weighted by atomic mass is 10.2. The normalized spacial score (nSPS) is 14.4. The van der Waals surface area contributed by atoms with Crippen molar-refractivity contribution in [2.45, 2.75) is 24.7 Å². The molecule has 1 aliphatic heterocycles. The number of hydrogen-bond acceptors (Lipinski definition) is 7. The lowest BCUT2D eigenvalue weighted by molar-refractivity contribution is 0.487. The van der Waals surface area contributed by atoms with Gasteiger partial charge < -0.3 is 9.08 Å². The molecule has 0 atom stereocenters. The lowest BCUT2D eigenvalue weighted by Crippen LogP contribution is -2.37. The first kappa shape index (κ1) is 20.1. The second-order valence-corrected chi connectivity index (χ2v) is 8.97.